The molecule has 0 saturated heterocycles. The smallest absolute Gasteiger partial charge is 0.309 e. The van der Waals surface area contributed by atoms with E-state index < -0.39 is 11.4 Å². The highest BCUT2D eigenvalue weighted by Crippen LogP contribution is 2.44. The molecule has 0 atom stereocenters. The molecule has 1 saturated carbocycles. The van der Waals surface area contributed by atoms with E-state index in [1.54, 1.807) is 6.07 Å². The molecule has 120 valence electrons. The summed E-state index contributed by atoms with van der Waals surface area (Å²) in [5.41, 5.74) is 1.42. The fourth-order valence-corrected chi connectivity index (χ4v) is 3.14. The van der Waals surface area contributed by atoms with Gasteiger partial charge in [-0.25, -0.2) is 0 Å². The predicted molar refractivity (Wildman–Crippen MR) is 89.8 cm³/mol. The minimum absolute atomic E-state index is 0.439. The van der Waals surface area contributed by atoms with Crippen LogP contribution < -0.4 is 4.74 Å². The fourth-order valence-electron chi connectivity index (χ4n) is 2.96. The van der Waals surface area contributed by atoms with Crippen LogP contribution in [0, 0.1) is 5.41 Å². The molecule has 23 heavy (non-hydrogen) atoms. The van der Waals surface area contributed by atoms with Crippen LogP contribution in [0.25, 0.3) is 0 Å². The van der Waals surface area contributed by atoms with Crippen LogP contribution in [-0.4, -0.2) is 11.1 Å². The molecule has 4 heteroatoms. The van der Waals surface area contributed by atoms with Crippen molar-refractivity contribution < 1.29 is 14.6 Å². The van der Waals surface area contributed by atoms with Crippen molar-refractivity contribution in [2.45, 2.75) is 32.3 Å². The summed E-state index contributed by atoms with van der Waals surface area (Å²) in [5.74, 6) is -0.0988. The van der Waals surface area contributed by atoms with Gasteiger partial charge >= 0.3 is 5.97 Å². The van der Waals surface area contributed by atoms with Crippen LogP contribution in [0.1, 0.15) is 30.4 Å². The van der Waals surface area contributed by atoms with Crippen molar-refractivity contribution >= 4 is 17.6 Å². The maximum Gasteiger partial charge on any atom is 0.309 e. The molecule has 3 nitrogen and oxygen atoms in total. The van der Waals surface area contributed by atoms with E-state index in [4.69, 9.17) is 16.3 Å². The van der Waals surface area contributed by atoms with Gasteiger partial charge in [0.25, 0.3) is 0 Å². The van der Waals surface area contributed by atoms with E-state index in [1.807, 2.05) is 42.5 Å². The van der Waals surface area contributed by atoms with Gasteiger partial charge in [-0.1, -0.05) is 54.4 Å². The van der Waals surface area contributed by atoms with Crippen molar-refractivity contribution in [2.24, 2.45) is 5.41 Å². The molecule has 0 amide bonds. The number of hydrogen-bond donors (Lipinski definition) is 1. The van der Waals surface area contributed by atoms with E-state index in [0.717, 1.165) is 30.4 Å². The number of carboxylic acids is 1. The van der Waals surface area contributed by atoms with Gasteiger partial charge in [0, 0.05) is 0 Å². The Balaban J connectivity index is 1.73. The molecule has 0 aliphatic heterocycles. The van der Waals surface area contributed by atoms with Crippen molar-refractivity contribution in [1.29, 1.82) is 0 Å². The largest absolute Gasteiger partial charge is 0.487 e. The first-order valence-electron chi connectivity index (χ1n) is 7.78. The summed E-state index contributed by atoms with van der Waals surface area (Å²) >= 11 is 6.20. The fraction of sp³-hybridized carbons (Fsp3) is 0.316. The lowest BCUT2D eigenvalue weighted by atomic mass is 9.65. The summed E-state index contributed by atoms with van der Waals surface area (Å²) in [6.45, 7) is 0.439. The number of ether oxygens (including phenoxy) is 1. The average Bonchev–Trinajstić information content (AvgIpc) is 2.51. The Morgan fingerprint density at radius 2 is 1.87 bits per heavy atom. The van der Waals surface area contributed by atoms with Gasteiger partial charge in [-0.3, -0.25) is 4.79 Å². The molecule has 0 heterocycles. The van der Waals surface area contributed by atoms with Gasteiger partial charge in [-0.05, 0) is 42.5 Å². The molecule has 3 rings (SSSR count). The average molecular weight is 331 g/mol. The second kappa shape index (κ2) is 6.63. The molecular weight excluding hydrogens is 312 g/mol. The van der Waals surface area contributed by atoms with E-state index in [1.165, 1.54) is 0 Å². The molecule has 0 unspecified atom stereocenters. The quantitative estimate of drug-likeness (QED) is 0.833. The second-order valence-electron chi connectivity index (χ2n) is 6.15. The minimum Gasteiger partial charge on any atom is -0.487 e. The lowest BCUT2D eigenvalue weighted by Crippen LogP contribution is -2.39. The Morgan fingerprint density at radius 3 is 2.48 bits per heavy atom. The molecule has 0 aromatic heterocycles. The number of aliphatic carboxylic acids is 1. The minimum atomic E-state index is -0.703. The molecule has 2 aromatic carbocycles. The zero-order chi connectivity index (χ0) is 16.3. The molecule has 1 aliphatic rings. The van der Waals surface area contributed by atoms with E-state index in [2.05, 4.69) is 0 Å². The van der Waals surface area contributed by atoms with Gasteiger partial charge in [0.05, 0.1) is 10.4 Å². The zero-order valence-corrected chi connectivity index (χ0v) is 13.6. The van der Waals surface area contributed by atoms with Gasteiger partial charge in [-0.2, -0.15) is 0 Å². The maximum absolute atomic E-state index is 11.5. The first-order chi connectivity index (χ1) is 11.1. The first kappa shape index (κ1) is 15.9. The lowest BCUT2D eigenvalue weighted by molar-refractivity contribution is -0.154. The molecule has 1 fully saturated rings. The number of rotatable bonds is 6. The van der Waals surface area contributed by atoms with Gasteiger partial charge in [0.1, 0.15) is 12.4 Å². The monoisotopic (exact) mass is 330 g/mol. The van der Waals surface area contributed by atoms with Crippen LogP contribution in [0.15, 0.2) is 48.5 Å². The van der Waals surface area contributed by atoms with Crippen LogP contribution in [0.5, 0.6) is 5.75 Å². The van der Waals surface area contributed by atoms with Crippen LogP contribution >= 0.6 is 11.6 Å². The third-order valence-electron chi connectivity index (χ3n) is 4.54. The standard InChI is InChI=1S/C19H19ClO3/c20-16-8-7-15(12-19(18(21)22)9-4-10-19)11-17(16)23-13-14-5-2-1-3-6-14/h1-3,5-8,11H,4,9-10,12-13H2,(H,21,22). The maximum atomic E-state index is 11.5. The highest BCUT2D eigenvalue weighted by atomic mass is 35.5. The van der Waals surface area contributed by atoms with Gasteiger partial charge in [0.15, 0.2) is 0 Å². The predicted octanol–water partition coefficient (Wildman–Crippen LogP) is 4.72. The van der Waals surface area contributed by atoms with Crippen molar-refractivity contribution in [3.63, 3.8) is 0 Å². The number of hydrogen-bond acceptors (Lipinski definition) is 2. The summed E-state index contributed by atoms with van der Waals surface area (Å²) < 4.78 is 5.81. The van der Waals surface area contributed by atoms with Gasteiger partial charge < -0.3 is 9.84 Å². The molecule has 2 aromatic rings. The van der Waals surface area contributed by atoms with E-state index in [0.29, 0.717) is 23.8 Å². The third-order valence-corrected chi connectivity index (χ3v) is 4.85. The summed E-state index contributed by atoms with van der Waals surface area (Å²) in [6, 6.07) is 15.4. The van der Waals surface area contributed by atoms with Crippen LogP contribution in [0.4, 0.5) is 0 Å². The van der Waals surface area contributed by atoms with Gasteiger partial charge in [-0.15, -0.1) is 0 Å². The topological polar surface area (TPSA) is 46.5 Å². The van der Waals surface area contributed by atoms with E-state index >= 15 is 0 Å². The summed E-state index contributed by atoms with van der Waals surface area (Å²) in [5, 5.41) is 10.0. The molecule has 1 aliphatic carbocycles. The van der Waals surface area contributed by atoms with E-state index in [-0.39, 0.29) is 0 Å². The van der Waals surface area contributed by atoms with Crippen molar-refractivity contribution in [1.82, 2.24) is 0 Å². The molecule has 0 bridgehead atoms. The number of benzene rings is 2. The zero-order valence-electron chi connectivity index (χ0n) is 12.8. The second-order valence-corrected chi connectivity index (χ2v) is 6.56. The van der Waals surface area contributed by atoms with Gasteiger partial charge in [0.2, 0.25) is 0 Å². The Labute approximate surface area is 140 Å². The molecule has 0 radical (unpaired) electrons. The van der Waals surface area contributed by atoms with Crippen molar-refractivity contribution in [2.75, 3.05) is 0 Å². The van der Waals surface area contributed by atoms with E-state index in [9.17, 15) is 9.90 Å². The van der Waals surface area contributed by atoms with Crippen LogP contribution in [-0.2, 0) is 17.8 Å². The Hall–Kier alpha value is -2.00. The Bertz CT molecular complexity index is 693. The SMILES string of the molecule is O=C(O)C1(Cc2ccc(Cl)c(OCc3ccccc3)c2)CCC1. The molecule has 0 spiro atoms. The number of carboxylic acid groups (broad SMARTS) is 1. The number of halogens is 1. The van der Waals surface area contributed by atoms with Crippen molar-refractivity contribution in [3.8, 4) is 5.75 Å². The normalized spacial score (nSPS) is 15.7. The first-order valence-corrected chi connectivity index (χ1v) is 8.15. The van der Waals surface area contributed by atoms with Crippen LogP contribution in [0.3, 0.4) is 0 Å². The molecule has 1 N–H and O–H groups in total. The highest BCUT2D eigenvalue weighted by molar-refractivity contribution is 6.32. The van der Waals surface area contributed by atoms with Crippen molar-refractivity contribution in [3.05, 3.63) is 64.7 Å². The Kier molecular flexibility index (Phi) is 4.58. The summed E-state index contributed by atoms with van der Waals surface area (Å²) in [4.78, 5) is 11.5. The highest BCUT2D eigenvalue weighted by Gasteiger charge is 2.44. The summed E-state index contributed by atoms with van der Waals surface area (Å²) in [7, 11) is 0. The summed E-state index contributed by atoms with van der Waals surface area (Å²) in [6.07, 6.45) is 2.99. The Morgan fingerprint density at radius 1 is 1.13 bits per heavy atom. The lowest BCUT2D eigenvalue weighted by Gasteiger charge is -2.37. The van der Waals surface area contributed by atoms with Crippen LogP contribution in [0.2, 0.25) is 5.02 Å². The number of carbonyl (C=O) groups is 1. The molecular formula is C19H19ClO3. The third kappa shape index (κ3) is 3.50.